The number of aryl methyl sites for hydroxylation is 4. The molecule has 7 heteroatoms. The first-order valence-electron chi connectivity index (χ1n) is 13.2. The Morgan fingerprint density at radius 1 is 0.806 bits per heavy atom. The van der Waals surface area contributed by atoms with Gasteiger partial charge in [0.05, 0.1) is 5.92 Å². The summed E-state index contributed by atoms with van der Waals surface area (Å²) in [5.74, 6) is -1.09. The van der Waals surface area contributed by atoms with Crippen LogP contribution in [0.3, 0.4) is 0 Å². The lowest BCUT2D eigenvalue weighted by molar-refractivity contribution is -0.141. The fraction of sp³-hybridized carbons (Fsp3) is 0.621. The van der Waals surface area contributed by atoms with Gasteiger partial charge in [0.1, 0.15) is 0 Å². The van der Waals surface area contributed by atoms with Crippen molar-refractivity contribution in [3.63, 3.8) is 0 Å². The lowest BCUT2D eigenvalue weighted by Gasteiger charge is -2.20. The SMILES string of the molecule is CC.CC(CCCCc1cc(=O)cc(CCc2cc(=O)cc(CCCCC(C)(C)CO)s2)s1)C(=O)O. The molecule has 202 valence electrons. The van der Waals surface area contributed by atoms with Crippen molar-refractivity contribution >= 4 is 28.6 Å². The quantitative estimate of drug-likeness (QED) is 0.253. The minimum atomic E-state index is -0.760. The number of hydrogen-bond acceptors (Lipinski definition) is 6. The summed E-state index contributed by atoms with van der Waals surface area (Å²) < 4.78 is 0. The Balaban J connectivity index is 0.00000316. The molecule has 5 nitrogen and oxygen atoms in total. The molecule has 0 aliphatic carbocycles. The van der Waals surface area contributed by atoms with Gasteiger partial charge in [-0.2, -0.15) is 0 Å². The predicted octanol–water partition coefficient (Wildman–Crippen LogP) is 6.51. The Kier molecular flexibility index (Phi) is 15.0. The number of unbranched alkanes of at least 4 members (excludes halogenated alkanes) is 2. The first-order chi connectivity index (χ1) is 17.1. The van der Waals surface area contributed by atoms with E-state index in [4.69, 9.17) is 5.11 Å². The minimum absolute atomic E-state index is 0.00963. The van der Waals surface area contributed by atoms with E-state index < -0.39 is 5.97 Å². The second-order valence-electron chi connectivity index (χ2n) is 9.97. The van der Waals surface area contributed by atoms with Gasteiger partial charge in [-0.25, -0.2) is 0 Å². The van der Waals surface area contributed by atoms with Crippen molar-refractivity contribution in [3.05, 3.63) is 64.2 Å². The Bertz CT molecular complexity index is 1040. The van der Waals surface area contributed by atoms with E-state index in [0.717, 1.165) is 77.3 Å². The molecule has 0 radical (unpaired) electrons. The van der Waals surface area contributed by atoms with E-state index >= 15 is 0 Å². The molecular weight excluding hydrogens is 492 g/mol. The largest absolute Gasteiger partial charge is 0.481 e. The van der Waals surface area contributed by atoms with Crippen molar-refractivity contribution in [2.24, 2.45) is 11.3 Å². The highest BCUT2D eigenvalue weighted by Crippen LogP contribution is 2.24. The van der Waals surface area contributed by atoms with Gasteiger partial charge >= 0.3 is 5.97 Å². The van der Waals surface area contributed by atoms with Crippen molar-refractivity contribution in [1.82, 2.24) is 0 Å². The van der Waals surface area contributed by atoms with Crippen LogP contribution in [0.1, 0.15) is 92.7 Å². The van der Waals surface area contributed by atoms with Gasteiger partial charge in [-0.05, 0) is 81.0 Å². The third-order valence-corrected chi connectivity index (χ3v) is 8.38. The van der Waals surface area contributed by atoms with Gasteiger partial charge in [0.2, 0.25) is 0 Å². The van der Waals surface area contributed by atoms with Gasteiger partial charge < -0.3 is 10.2 Å². The van der Waals surface area contributed by atoms with Gasteiger partial charge in [0, 0.05) is 26.1 Å². The monoisotopic (exact) mass is 536 g/mol. The molecule has 2 aromatic rings. The molecule has 0 bridgehead atoms. The van der Waals surface area contributed by atoms with Gasteiger partial charge in [-0.3, -0.25) is 14.4 Å². The first kappa shape index (κ1) is 32.2. The van der Waals surface area contributed by atoms with E-state index in [1.807, 2.05) is 13.8 Å². The number of aliphatic hydroxyl groups excluding tert-OH is 1. The zero-order valence-corrected chi connectivity index (χ0v) is 24.2. The molecule has 0 aromatic carbocycles. The Morgan fingerprint density at radius 3 is 1.64 bits per heavy atom. The number of carbonyl (C=O) groups is 1. The van der Waals surface area contributed by atoms with Gasteiger partial charge in [-0.1, -0.05) is 47.5 Å². The highest BCUT2D eigenvalue weighted by molar-refractivity contribution is 7.12. The Hall–Kier alpha value is -1.83. The minimum Gasteiger partial charge on any atom is -0.481 e. The summed E-state index contributed by atoms with van der Waals surface area (Å²) in [6.07, 6.45) is 8.47. The van der Waals surface area contributed by atoms with Gasteiger partial charge in [0.25, 0.3) is 0 Å². The number of carboxylic acid groups (broad SMARTS) is 1. The highest BCUT2D eigenvalue weighted by atomic mass is 32.1. The van der Waals surface area contributed by atoms with Crippen LogP contribution in [0.5, 0.6) is 0 Å². The summed E-state index contributed by atoms with van der Waals surface area (Å²) in [6.45, 7) is 10.0. The second-order valence-corrected chi connectivity index (χ2v) is 12.5. The number of carboxylic acids is 1. The van der Waals surface area contributed by atoms with Crippen LogP contribution in [0.25, 0.3) is 0 Å². The van der Waals surface area contributed by atoms with Crippen molar-refractivity contribution in [2.45, 2.75) is 98.8 Å². The molecule has 2 rings (SSSR count). The molecule has 0 saturated carbocycles. The Labute approximate surface area is 224 Å². The summed E-state index contributed by atoms with van der Waals surface area (Å²) in [5, 5.41) is 18.4. The number of aliphatic hydroxyl groups is 1. The van der Waals surface area contributed by atoms with E-state index in [0.29, 0.717) is 6.42 Å². The summed E-state index contributed by atoms with van der Waals surface area (Å²) in [6, 6.07) is 6.82. The van der Waals surface area contributed by atoms with Crippen LogP contribution >= 0.6 is 22.7 Å². The van der Waals surface area contributed by atoms with Crippen molar-refractivity contribution in [2.75, 3.05) is 6.61 Å². The maximum Gasteiger partial charge on any atom is 0.306 e. The molecule has 2 N–H and O–H groups in total. The lowest BCUT2D eigenvalue weighted by atomic mass is 9.88. The summed E-state index contributed by atoms with van der Waals surface area (Å²) in [5.41, 5.74) is -0.00510. The summed E-state index contributed by atoms with van der Waals surface area (Å²) in [4.78, 5) is 39.5. The van der Waals surface area contributed by atoms with Crippen LogP contribution in [0, 0.1) is 11.3 Å². The number of hydrogen-bond donors (Lipinski definition) is 2. The van der Waals surface area contributed by atoms with Crippen LogP contribution in [0.4, 0.5) is 0 Å². The fourth-order valence-corrected chi connectivity index (χ4v) is 6.04. The molecule has 2 aromatic heterocycles. The average molecular weight is 537 g/mol. The number of rotatable bonds is 15. The molecule has 0 aliphatic rings. The predicted molar refractivity (Wildman–Crippen MR) is 153 cm³/mol. The van der Waals surface area contributed by atoms with Crippen LogP contribution in [-0.2, 0) is 30.5 Å². The molecular formula is C29H44O5S2. The fourth-order valence-electron chi connectivity index (χ4n) is 3.77. The van der Waals surface area contributed by atoms with Crippen molar-refractivity contribution in [3.8, 4) is 0 Å². The molecule has 2 heterocycles. The summed E-state index contributed by atoms with van der Waals surface area (Å²) >= 11 is 3.32. The average Bonchev–Trinajstić information content (AvgIpc) is 2.84. The molecule has 0 fully saturated rings. The number of aliphatic carboxylic acids is 1. The molecule has 1 atom stereocenters. The molecule has 0 aliphatic heterocycles. The summed E-state index contributed by atoms with van der Waals surface area (Å²) in [7, 11) is 0. The molecule has 36 heavy (non-hydrogen) atoms. The van der Waals surface area contributed by atoms with Crippen molar-refractivity contribution < 1.29 is 15.0 Å². The molecule has 0 spiro atoms. The van der Waals surface area contributed by atoms with Gasteiger partial charge in [0.15, 0.2) is 10.9 Å². The van der Waals surface area contributed by atoms with E-state index in [-0.39, 0.29) is 28.8 Å². The second kappa shape index (κ2) is 16.8. The van der Waals surface area contributed by atoms with Crippen molar-refractivity contribution in [1.29, 1.82) is 0 Å². The highest BCUT2D eigenvalue weighted by Gasteiger charge is 2.15. The van der Waals surface area contributed by atoms with E-state index in [1.54, 1.807) is 53.9 Å². The third-order valence-electron chi connectivity index (χ3n) is 6.04. The van der Waals surface area contributed by atoms with Gasteiger partial charge in [-0.15, -0.1) is 22.7 Å². The molecule has 0 saturated heterocycles. The zero-order chi connectivity index (χ0) is 27.1. The maximum atomic E-state index is 12.2. The van der Waals surface area contributed by atoms with E-state index in [2.05, 4.69) is 13.8 Å². The molecule has 0 amide bonds. The lowest BCUT2D eigenvalue weighted by Crippen LogP contribution is -2.16. The smallest absolute Gasteiger partial charge is 0.306 e. The topological polar surface area (TPSA) is 91.7 Å². The van der Waals surface area contributed by atoms with E-state index in [9.17, 15) is 19.5 Å². The molecule has 1 unspecified atom stereocenters. The van der Waals surface area contributed by atoms with E-state index in [1.165, 1.54) is 0 Å². The van der Waals surface area contributed by atoms with Crippen LogP contribution < -0.4 is 10.9 Å². The Morgan fingerprint density at radius 2 is 1.22 bits per heavy atom. The normalized spacial score (nSPS) is 12.1. The standard InChI is InChI=1S/C27H38O5S2.C2H6/c1-19(26(31)32)8-4-5-9-22-14-20(29)16-24(33-22)11-12-25-17-21(30)15-23(34-25)10-6-7-13-27(2,3)18-28;1-2/h14-17,19,28H,4-13,18H2,1-3H3,(H,31,32);1-2H3. The maximum absolute atomic E-state index is 12.2. The zero-order valence-electron chi connectivity index (χ0n) is 22.6. The third kappa shape index (κ3) is 12.9. The van der Waals surface area contributed by atoms with Crippen LogP contribution in [-0.4, -0.2) is 22.8 Å². The van der Waals surface area contributed by atoms with Crippen LogP contribution in [0.15, 0.2) is 33.9 Å². The van der Waals surface area contributed by atoms with Crippen LogP contribution in [0.2, 0.25) is 0 Å². The first-order valence-corrected chi connectivity index (χ1v) is 14.8.